The van der Waals surface area contributed by atoms with Crippen LogP contribution in [0.5, 0.6) is 5.75 Å². The van der Waals surface area contributed by atoms with Crippen LogP contribution >= 0.6 is 0 Å². The van der Waals surface area contributed by atoms with E-state index in [2.05, 4.69) is 0 Å². The van der Waals surface area contributed by atoms with E-state index in [1.807, 2.05) is 31.2 Å². The fraction of sp³-hybridized carbons (Fsp3) is 0.500. The standard InChI is InChI=1S/C14H18O3/c1-14(8-4-7-12(15)13(14)16)10-5-3-6-11(9-10)17-2/h3,5-6,9,12,15H,4,7-8H2,1-2H3. The number of hydrogen-bond donors (Lipinski definition) is 1. The van der Waals surface area contributed by atoms with Crippen LogP contribution in [-0.4, -0.2) is 24.1 Å². The van der Waals surface area contributed by atoms with Crippen LogP contribution in [-0.2, 0) is 10.2 Å². The van der Waals surface area contributed by atoms with Crippen LogP contribution in [0, 0.1) is 0 Å². The van der Waals surface area contributed by atoms with Gasteiger partial charge in [-0.15, -0.1) is 0 Å². The van der Waals surface area contributed by atoms with Crippen LogP contribution in [0.4, 0.5) is 0 Å². The molecule has 0 aromatic heterocycles. The molecule has 1 aromatic carbocycles. The number of Topliss-reactive ketones (excluding diaryl/α,β-unsaturated/α-hetero) is 1. The molecule has 1 saturated carbocycles. The van der Waals surface area contributed by atoms with E-state index < -0.39 is 11.5 Å². The third kappa shape index (κ3) is 2.07. The summed E-state index contributed by atoms with van der Waals surface area (Å²) in [7, 11) is 1.61. The fourth-order valence-electron chi connectivity index (χ4n) is 2.52. The number of ether oxygens (including phenoxy) is 1. The zero-order chi connectivity index (χ0) is 12.5. The number of aliphatic hydroxyl groups is 1. The summed E-state index contributed by atoms with van der Waals surface area (Å²) < 4.78 is 5.18. The number of carbonyl (C=O) groups is 1. The Labute approximate surface area is 101 Å². The van der Waals surface area contributed by atoms with Crippen molar-refractivity contribution in [2.24, 2.45) is 0 Å². The average molecular weight is 234 g/mol. The number of hydrogen-bond acceptors (Lipinski definition) is 3. The highest BCUT2D eigenvalue weighted by molar-refractivity contribution is 5.93. The van der Waals surface area contributed by atoms with E-state index in [4.69, 9.17) is 4.74 Å². The van der Waals surface area contributed by atoms with E-state index >= 15 is 0 Å². The minimum atomic E-state index is -0.819. The summed E-state index contributed by atoms with van der Waals surface area (Å²) in [5.41, 5.74) is 0.354. The normalized spacial score (nSPS) is 29.1. The van der Waals surface area contributed by atoms with Gasteiger partial charge in [0.1, 0.15) is 11.9 Å². The summed E-state index contributed by atoms with van der Waals surface area (Å²) >= 11 is 0. The number of aliphatic hydroxyl groups excluding tert-OH is 1. The van der Waals surface area contributed by atoms with Gasteiger partial charge in [0.2, 0.25) is 0 Å². The molecule has 17 heavy (non-hydrogen) atoms. The smallest absolute Gasteiger partial charge is 0.171 e. The molecule has 0 heterocycles. The van der Waals surface area contributed by atoms with Gasteiger partial charge in [-0.25, -0.2) is 0 Å². The highest BCUT2D eigenvalue weighted by Gasteiger charge is 2.41. The maximum atomic E-state index is 12.2. The number of carbonyl (C=O) groups excluding carboxylic acids is 1. The molecule has 2 atom stereocenters. The van der Waals surface area contributed by atoms with Crippen molar-refractivity contribution in [3.63, 3.8) is 0 Å². The number of ketones is 1. The molecule has 0 bridgehead atoms. The van der Waals surface area contributed by atoms with Crippen molar-refractivity contribution in [1.82, 2.24) is 0 Å². The topological polar surface area (TPSA) is 46.5 Å². The first kappa shape index (κ1) is 12.1. The van der Waals surface area contributed by atoms with Crippen molar-refractivity contribution in [2.75, 3.05) is 7.11 Å². The molecule has 2 rings (SSSR count). The van der Waals surface area contributed by atoms with E-state index in [0.717, 1.165) is 24.2 Å². The Balaban J connectivity index is 2.39. The molecule has 1 fully saturated rings. The van der Waals surface area contributed by atoms with Gasteiger partial charge in [-0.2, -0.15) is 0 Å². The van der Waals surface area contributed by atoms with Gasteiger partial charge in [0, 0.05) is 0 Å². The molecule has 0 saturated heterocycles. The molecule has 0 radical (unpaired) electrons. The molecule has 0 aliphatic heterocycles. The van der Waals surface area contributed by atoms with Crippen molar-refractivity contribution >= 4 is 5.78 Å². The van der Waals surface area contributed by atoms with E-state index in [1.54, 1.807) is 7.11 Å². The number of benzene rings is 1. The van der Waals surface area contributed by atoms with Crippen LogP contribution in [0.25, 0.3) is 0 Å². The van der Waals surface area contributed by atoms with Gasteiger partial charge in [0.05, 0.1) is 12.5 Å². The minimum absolute atomic E-state index is 0.0722. The van der Waals surface area contributed by atoms with Gasteiger partial charge < -0.3 is 9.84 Å². The van der Waals surface area contributed by atoms with E-state index in [1.165, 1.54) is 0 Å². The lowest BCUT2D eigenvalue weighted by Crippen LogP contribution is -2.43. The molecular weight excluding hydrogens is 216 g/mol. The maximum Gasteiger partial charge on any atom is 0.171 e. The number of methoxy groups -OCH3 is 1. The summed E-state index contributed by atoms with van der Waals surface area (Å²) in [5, 5.41) is 9.72. The Kier molecular flexibility index (Phi) is 3.20. The Bertz CT molecular complexity index is 427. The molecule has 0 spiro atoms. The second-order valence-corrected chi connectivity index (χ2v) is 4.84. The van der Waals surface area contributed by atoms with Gasteiger partial charge in [0.15, 0.2) is 5.78 Å². The lowest BCUT2D eigenvalue weighted by atomic mass is 9.69. The molecule has 3 heteroatoms. The third-order valence-electron chi connectivity index (χ3n) is 3.71. The quantitative estimate of drug-likeness (QED) is 0.852. The summed E-state index contributed by atoms with van der Waals surface area (Å²) in [6.07, 6.45) is 1.43. The number of rotatable bonds is 2. The lowest BCUT2D eigenvalue weighted by Gasteiger charge is -2.35. The Morgan fingerprint density at radius 3 is 2.94 bits per heavy atom. The van der Waals surface area contributed by atoms with Crippen LogP contribution in [0.1, 0.15) is 31.7 Å². The van der Waals surface area contributed by atoms with Gasteiger partial charge in [-0.1, -0.05) is 12.1 Å². The first-order valence-corrected chi connectivity index (χ1v) is 5.95. The van der Waals surface area contributed by atoms with Gasteiger partial charge in [-0.05, 0) is 43.9 Å². The summed E-state index contributed by atoms with van der Waals surface area (Å²) in [6, 6.07) is 7.55. The van der Waals surface area contributed by atoms with E-state index in [9.17, 15) is 9.90 Å². The first-order chi connectivity index (χ1) is 8.08. The van der Waals surface area contributed by atoms with Gasteiger partial charge >= 0.3 is 0 Å². The molecule has 2 unspecified atom stereocenters. The van der Waals surface area contributed by atoms with Crippen molar-refractivity contribution in [3.05, 3.63) is 29.8 Å². The van der Waals surface area contributed by atoms with Crippen LogP contribution in [0.3, 0.4) is 0 Å². The Morgan fingerprint density at radius 1 is 1.47 bits per heavy atom. The van der Waals surface area contributed by atoms with Gasteiger partial charge in [-0.3, -0.25) is 4.79 Å². The highest BCUT2D eigenvalue weighted by atomic mass is 16.5. The molecule has 3 nitrogen and oxygen atoms in total. The zero-order valence-corrected chi connectivity index (χ0v) is 10.3. The predicted octanol–water partition coefficient (Wildman–Crippen LogP) is 2.07. The molecule has 1 aromatic rings. The molecule has 1 aliphatic rings. The maximum absolute atomic E-state index is 12.2. The largest absolute Gasteiger partial charge is 0.497 e. The molecule has 1 N–H and O–H groups in total. The first-order valence-electron chi connectivity index (χ1n) is 5.95. The van der Waals surface area contributed by atoms with E-state index in [-0.39, 0.29) is 5.78 Å². The molecule has 0 amide bonds. The second-order valence-electron chi connectivity index (χ2n) is 4.84. The Morgan fingerprint density at radius 2 is 2.24 bits per heavy atom. The van der Waals surface area contributed by atoms with Gasteiger partial charge in [0.25, 0.3) is 0 Å². The van der Waals surface area contributed by atoms with Crippen LogP contribution in [0.2, 0.25) is 0 Å². The predicted molar refractivity (Wildman–Crippen MR) is 65.2 cm³/mol. The summed E-state index contributed by atoms with van der Waals surface area (Å²) in [4.78, 5) is 12.2. The van der Waals surface area contributed by atoms with Crippen LogP contribution < -0.4 is 4.74 Å². The summed E-state index contributed by atoms with van der Waals surface area (Å²) in [5.74, 6) is 0.675. The van der Waals surface area contributed by atoms with Crippen molar-refractivity contribution < 1.29 is 14.6 Å². The monoisotopic (exact) mass is 234 g/mol. The van der Waals surface area contributed by atoms with E-state index in [0.29, 0.717) is 6.42 Å². The Hall–Kier alpha value is -1.35. The second kappa shape index (κ2) is 4.49. The van der Waals surface area contributed by atoms with Crippen LogP contribution in [0.15, 0.2) is 24.3 Å². The minimum Gasteiger partial charge on any atom is -0.497 e. The molecule has 1 aliphatic carbocycles. The molecular formula is C14H18O3. The molecule has 92 valence electrons. The van der Waals surface area contributed by atoms with Crippen molar-refractivity contribution in [3.8, 4) is 5.75 Å². The highest BCUT2D eigenvalue weighted by Crippen LogP contribution is 2.37. The SMILES string of the molecule is COc1cccc(C2(C)CCCC(O)C2=O)c1. The third-order valence-corrected chi connectivity index (χ3v) is 3.71. The van der Waals surface area contributed by atoms with Crippen molar-refractivity contribution in [2.45, 2.75) is 37.7 Å². The van der Waals surface area contributed by atoms with Crippen molar-refractivity contribution in [1.29, 1.82) is 0 Å². The fourth-order valence-corrected chi connectivity index (χ4v) is 2.52. The summed E-state index contributed by atoms with van der Waals surface area (Å²) in [6.45, 7) is 1.91. The average Bonchev–Trinajstić information content (AvgIpc) is 2.36. The zero-order valence-electron chi connectivity index (χ0n) is 10.3. The lowest BCUT2D eigenvalue weighted by molar-refractivity contribution is -0.135.